The van der Waals surface area contributed by atoms with E-state index in [2.05, 4.69) is 35.3 Å². The van der Waals surface area contributed by atoms with E-state index in [0.717, 1.165) is 25.9 Å². The minimum atomic E-state index is 0.298. The summed E-state index contributed by atoms with van der Waals surface area (Å²) >= 11 is 0. The highest BCUT2D eigenvalue weighted by molar-refractivity contribution is 5.28. The second kappa shape index (κ2) is 5.29. The lowest BCUT2D eigenvalue weighted by Gasteiger charge is -2.22. The maximum atomic E-state index is 9.23. The Morgan fingerprint density at radius 1 is 1.40 bits per heavy atom. The summed E-state index contributed by atoms with van der Waals surface area (Å²) < 4.78 is 0. The van der Waals surface area contributed by atoms with Gasteiger partial charge in [-0.2, -0.15) is 0 Å². The van der Waals surface area contributed by atoms with Crippen LogP contribution in [0.25, 0.3) is 0 Å². The Morgan fingerprint density at radius 3 is 3.20 bits per heavy atom. The highest BCUT2D eigenvalue weighted by Crippen LogP contribution is 2.19. The lowest BCUT2D eigenvalue weighted by atomic mass is 10.2. The van der Waals surface area contributed by atoms with Crippen molar-refractivity contribution < 1.29 is 5.11 Å². The number of likely N-dealkylation sites (tertiary alicyclic amines) is 1. The van der Waals surface area contributed by atoms with Crippen LogP contribution in [0.5, 0.6) is 0 Å². The van der Waals surface area contributed by atoms with Crippen molar-refractivity contribution in [2.75, 3.05) is 19.7 Å². The first-order valence-corrected chi connectivity index (χ1v) is 5.77. The average Bonchev–Trinajstić information content (AvgIpc) is 2.53. The molecule has 1 heterocycles. The number of rotatable bonds is 3. The topological polar surface area (TPSA) is 23.5 Å². The van der Waals surface area contributed by atoms with Crippen molar-refractivity contribution in [1.29, 1.82) is 0 Å². The van der Waals surface area contributed by atoms with Crippen LogP contribution in [0, 0.1) is 0 Å². The maximum absolute atomic E-state index is 9.23. The number of aliphatic hydroxyl groups is 1. The van der Waals surface area contributed by atoms with E-state index in [4.69, 9.17) is 0 Å². The Labute approximate surface area is 91.6 Å². The predicted molar refractivity (Wildman–Crippen MR) is 62.7 cm³/mol. The summed E-state index contributed by atoms with van der Waals surface area (Å²) in [7, 11) is 0. The number of hydrogen-bond donors (Lipinski definition) is 1. The van der Waals surface area contributed by atoms with E-state index in [9.17, 15) is 5.11 Å². The first kappa shape index (κ1) is 10.7. The van der Waals surface area contributed by atoms with Gasteiger partial charge in [0.2, 0.25) is 0 Å². The molecule has 0 aromatic heterocycles. The van der Waals surface area contributed by atoms with Gasteiger partial charge in [-0.3, -0.25) is 4.90 Å². The highest BCUT2D eigenvalue weighted by Gasteiger charge is 2.23. The van der Waals surface area contributed by atoms with Crippen molar-refractivity contribution in [1.82, 2.24) is 4.90 Å². The fraction of sp³-hybridized carbons (Fsp3) is 0.538. The molecule has 2 heteroatoms. The van der Waals surface area contributed by atoms with Gasteiger partial charge in [0.15, 0.2) is 0 Å². The third-order valence-electron chi connectivity index (χ3n) is 3.15. The zero-order valence-corrected chi connectivity index (χ0v) is 9.10. The molecule has 1 atom stereocenters. The van der Waals surface area contributed by atoms with Crippen molar-refractivity contribution in [3.63, 3.8) is 0 Å². The molecule has 0 spiro atoms. The highest BCUT2D eigenvalue weighted by atomic mass is 16.3. The van der Waals surface area contributed by atoms with Gasteiger partial charge in [-0.05, 0) is 31.4 Å². The summed E-state index contributed by atoms with van der Waals surface area (Å²) in [6, 6.07) is 0.381. The van der Waals surface area contributed by atoms with E-state index in [-0.39, 0.29) is 0 Å². The summed E-state index contributed by atoms with van der Waals surface area (Å²) in [5, 5.41) is 9.23. The Kier molecular flexibility index (Phi) is 3.75. The van der Waals surface area contributed by atoms with Gasteiger partial charge in [0.25, 0.3) is 0 Å². The van der Waals surface area contributed by atoms with E-state index >= 15 is 0 Å². The standard InChI is InChI=1S/C13H19NO/c15-11-13-8-5-9-14(13)10-12-6-3-1-2-4-7-12/h1,3-4,6-7,13,15H,2,5,8-11H2/t13-/m0/s1. The van der Waals surface area contributed by atoms with E-state index in [0.29, 0.717) is 12.6 Å². The summed E-state index contributed by atoms with van der Waals surface area (Å²) in [4.78, 5) is 2.38. The minimum absolute atomic E-state index is 0.298. The predicted octanol–water partition coefficient (Wildman–Crippen LogP) is 1.89. The molecule has 0 bridgehead atoms. The molecule has 0 aromatic rings. The summed E-state index contributed by atoms with van der Waals surface area (Å²) in [6.07, 6.45) is 14.3. The molecule has 2 rings (SSSR count). The minimum Gasteiger partial charge on any atom is -0.395 e. The molecule has 0 aromatic carbocycles. The van der Waals surface area contributed by atoms with Crippen LogP contribution in [0.15, 0.2) is 36.0 Å². The van der Waals surface area contributed by atoms with Crippen LogP contribution in [0.4, 0.5) is 0 Å². The quantitative estimate of drug-likeness (QED) is 0.760. The van der Waals surface area contributed by atoms with E-state index in [1.165, 1.54) is 12.0 Å². The zero-order chi connectivity index (χ0) is 10.5. The van der Waals surface area contributed by atoms with Crippen LogP contribution in [-0.4, -0.2) is 35.7 Å². The first-order valence-electron chi connectivity index (χ1n) is 5.77. The lowest BCUT2D eigenvalue weighted by Crippen LogP contribution is -2.33. The van der Waals surface area contributed by atoms with Crippen molar-refractivity contribution in [2.24, 2.45) is 0 Å². The number of allylic oxidation sites excluding steroid dienone is 4. The van der Waals surface area contributed by atoms with Crippen molar-refractivity contribution in [2.45, 2.75) is 25.3 Å². The molecule has 1 N–H and O–H groups in total. The van der Waals surface area contributed by atoms with Gasteiger partial charge in [-0.15, -0.1) is 0 Å². The van der Waals surface area contributed by atoms with Gasteiger partial charge in [-0.25, -0.2) is 0 Å². The number of nitrogens with zero attached hydrogens (tertiary/aromatic N) is 1. The normalized spacial score (nSPS) is 26.7. The molecular weight excluding hydrogens is 186 g/mol. The SMILES string of the molecule is OC[C@@H]1CCCN1CC1=CC=CCC=C1. The third-order valence-corrected chi connectivity index (χ3v) is 3.15. The summed E-state index contributed by atoms with van der Waals surface area (Å²) in [6.45, 7) is 2.40. The number of aliphatic hydroxyl groups excluding tert-OH is 1. The van der Waals surface area contributed by atoms with E-state index in [1.807, 2.05) is 0 Å². The second-order valence-corrected chi connectivity index (χ2v) is 4.26. The fourth-order valence-corrected chi connectivity index (χ4v) is 2.27. The summed E-state index contributed by atoms with van der Waals surface area (Å²) in [5.74, 6) is 0. The van der Waals surface area contributed by atoms with Gasteiger partial charge < -0.3 is 5.11 Å². The Bertz CT molecular complexity index is 291. The van der Waals surface area contributed by atoms with Crippen LogP contribution in [0.2, 0.25) is 0 Å². The molecule has 0 unspecified atom stereocenters. The molecule has 82 valence electrons. The molecule has 1 fully saturated rings. The Hall–Kier alpha value is -0.860. The third kappa shape index (κ3) is 2.80. The van der Waals surface area contributed by atoms with Gasteiger partial charge >= 0.3 is 0 Å². The van der Waals surface area contributed by atoms with Gasteiger partial charge in [0.1, 0.15) is 0 Å². The van der Waals surface area contributed by atoms with E-state index < -0.39 is 0 Å². The summed E-state index contributed by atoms with van der Waals surface area (Å²) in [5.41, 5.74) is 1.35. The second-order valence-electron chi connectivity index (χ2n) is 4.26. The van der Waals surface area contributed by atoms with Crippen LogP contribution in [-0.2, 0) is 0 Å². The van der Waals surface area contributed by atoms with Crippen LogP contribution in [0.1, 0.15) is 19.3 Å². The van der Waals surface area contributed by atoms with Crippen molar-refractivity contribution in [3.05, 3.63) is 36.0 Å². The molecule has 0 saturated carbocycles. The largest absolute Gasteiger partial charge is 0.395 e. The molecule has 1 aliphatic heterocycles. The molecule has 2 aliphatic rings. The molecule has 0 radical (unpaired) electrons. The zero-order valence-electron chi connectivity index (χ0n) is 9.10. The van der Waals surface area contributed by atoms with Gasteiger partial charge in [0, 0.05) is 12.6 Å². The molecule has 0 amide bonds. The monoisotopic (exact) mass is 205 g/mol. The van der Waals surface area contributed by atoms with Crippen LogP contribution in [0.3, 0.4) is 0 Å². The van der Waals surface area contributed by atoms with Crippen molar-refractivity contribution >= 4 is 0 Å². The Morgan fingerprint density at radius 2 is 2.33 bits per heavy atom. The molecule has 1 saturated heterocycles. The fourth-order valence-electron chi connectivity index (χ4n) is 2.27. The lowest BCUT2D eigenvalue weighted by molar-refractivity contribution is 0.168. The average molecular weight is 205 g/mol. The molecular formula is C13H19NO. The maximum Gasteiger partial charge on any atom is 0.0587 e. The molecule has 1 aliphatic carbocycles. The molecule has 2 nitrogen and oxygen atoms in total. The Balaban J connectivity index is 1.95. The van der Waals surface area contributed by atoms with Gasteiger partial charge in [0.05, 0.1) is 6.61 Å². The van der Waals surface area contributed by atoms with Crippen LogP contribution < -0.4 is 0 Å². The van der Waals surface area contributed by atoms with Crippen LogP contribution >= 0.6 is 0 Å². The van der Waals surface area contributed by atoms with E-state index in [1.54, 1.807) is 0 Å². The van der Waals surface area contributed by atoms with Crippen molar-refractivity contribution in [3.8, 4) is 0 Å². The first-order chi connectivity index (χ1) is 7.40. The smallest absolute Gasteiger partial charge is 0.0587 e. The van der Waals surface area contributed by atoms with Gasteiger partial charge in [-0.1, -0.05) is 30.4 Å². The molecule has 15 heavy (non-hydrogen) atoms. The number of hydrogen-bond acceptors (Lipinski definition) is 2.